The maximum absolute atomic E-state index is 13.4. The van der Waals surface area contributed by atoms with Crippen LogP contribution in [0.2, 0.25) is 0 Å². The first-order valence-corrected chi connectivity index (χ1v) is 8.46. The van der Waals surface area contributed by atoms with Crippen LogP contribution in [0.3, 0.4) is 0 Å². The Morgan fingerprint density at radius 3 is 2.91 bits per heavy atom. The van der Waals surface area contributed by atoms with Crippen LogP contribution in [0.25, 0.3) is 0 Å². The molecule has 4 rings (SSSR count). The van der Waals surface area contributed by atoms with Gasteiger partial charge in [0.1, 0.15) is 11.9 Å². The normalized spacial score (nSPS) is 27.5. The minimum absolute atomic E-state index is 0.0467. The molecular weight excluding hydrogens is 293 g/mol. The van der Waals surface area contributed by atoms with Crippen LogP contribution >= 0.6 is 0 Å². The second-order valence-corrected chi connectivity index (χ2v) is 7.32. The molecule has 0 spiro atoms. The van der Waals surface area contributed by atoms with E-state index in [9.17, 15) is 9.18 Å². The lowest BCUT2D eigenvalue weighted by molar-refractivity contribution is -0.128. The number of nitrogens with one attached hydrogen (secondary N) is 1. The fourth-order valence-corrected chi connectivity index (χ4v) is 3.53. The Balaban J connectivity index is 1.62. The lowest BCUT2D eigenvalue weighted by atomic mass is 9.84. The number of halogens is 1. The van der Waals surface area contributed by atoms with Crippen molar-refractivity contribution in [2.24, 2.45) is 0 Å². The van der Waals surface area contributed by atoms with Crippen molar-refractivity contribution in [1.82, 2.24) is 15.1 Å². The first-order chi connectivity index (χ1) is 11.0. The molecule has 3 heterocycles. The van der Waals surface area contributed by atoms with Gasteiger partial charge in [0.05, 0.1) is 0 Å². The molecule has 0 saturated carbocycles. The van der Waals surface area contributed by atoms with Crippen molar-refractivity contribution in [1.29, 1.82) is 0 Å². The lowest BCUT2D eigenvalue weighted by Crippen LogP contribution is -2.57. The van der Waals surface area contributed by atoms with Crippen LogP contribution in [0.4, 0.5) is 4.39 Å². The van der Waals surface area contributed by atoms with Crippen LogP contribution in [-0.2, 0) is 10.2 Å². The first-order valence-electron chi connectivity index (χ1n) is 8.46. The average molecular weight is 319 g/mol. The number of benzene rings is 1. The summed E-state index contributed by atoms with van der Waals surface area (Å²) in [4.78, 5) is 17.3. The Morgan fingerprint density at radius 2 is 2.13 bits per heavy atom. The first kappa shape index (κ1) is 16.4. The highest BCUT2D eigenvalue weighted by molar-refractivity contribution is 5.82. The highest BCUT2D eigenvalue weighted by Gasteiger charge is 2.35. The molecule has 3 aliphatic heterocycles. The number of nitrogens with zero attached hydrogens (tertiary/aromatic N) is 2. The summed E-state index contributed by atoms with van der Waals surface area (Å²) in [5.41, 5.74) is 0.612. The van der Waals surface area contributed by atoms with Crippen LogP contribution in [0, 0.1) is 5.82 Å². The van der Waals surface area contributed by atoms with E-state index < -0.39 is 0 Å². The molecule has 1 aromatic rings. The molecule has 1 amide bonds. The third kappa shape index (κ3) is 3.72. The van der Waals surface area contributed by atoms with E-state index in [0.29, 0.717) is 6.54 Å². The molecule has 3 saturated heterocycles. The Labute approximate surface area is 137 Å². The topological polar surface area (TPSA) is 35.6 Å². The summed E-state index contributed by atoms with van der Waals surface area (Å²) in [6, 6.07) is 6.58. The lowest BCUT2D eigenvalue weighted by Gasteiger charge is -2.37. The monoisotopic (exact) mass is 319 g/mol. The second kappa shape index (κ2) is 6.57. The zero-order chi connectivity index (χ0) is 16.4. The van der Waals surface area contributed by atoms with E-state index in [0.717, 1.165) is 44.7 Å². The van der Waals surface area contributed by atoms with Crippen molar-refractivity contribution in [2.45, 2.75) is 31.7 Å². The number of hydrogen-bond acceptors (Lipinski definition) is 3. The van der Waals surface area contributed by atoms with Crippen molar-refractivity contribution in [2.75, 3.05) is 39.3 Å². The van der Waals surface area contributed by atoms with Crippen molar-refractivity contribution in [3.05, 3.63) is 35.6 Å². The van der Waals surface area contributed by atoms with Gasteiger partial charge in [0.25, 0.3) is 0 Å². The molecule has 2 bridgehead atoms. The van der Waals surface area contributed by atoms with E-state index in [2.05, 4.69) is 15.1 Å². The number of rotatable bonds is 4. The molecule has 1 N–H and O–H groups in total. The van der Waals surface area contributed by atoms with Crippen LogP contribution < -0.4 is 5.32 Å². The van der Waals surface area contributed by atoms with E-state index in [1.165, 1.54) is 6.07 Å². The number of carbonyl (C=O) groups is 1. The third-order valence-corrected chi connectivity index (χ3v) is 5.11. The Hall–Kier alpha value is -1.46. The van der Waals surface area contributed by atoms with Gasteiger partial charge >= 0.3 is 0 Å². The van der Waals surface area contributed by atoms with E-state index in [4.69, 9.17) is 0 Å². The van der Waals surface area contributed by atoms with E-state index in [1.807, 2.05) is 19.9 Å². The molecular formula is C18H26FN3O. The number of piperazine rings is 1. The molecule has 23 heavy (non-hydrogen) atoms. The highest BCUT2D eigenvalue weighted by Crippen LogP contribution is 2.23. The zero-order valence-corrected chi connectivity index (χ0v) is 14.0. The Bertz CT molecular complexity index is 571. The SMILES string of the molecule is CC(C)(CNC(=O)C1CN2CCCN1CC2)c1cccc(F)c1. The molecule has 5 heteroatoms. The minimum Gasteiger partial charge on any atom is -0.354 e. The molecule has 126 valence electrons. The molecule has 3 fully saturated rings. The van der Waals surface area contributed by atoms with Crippen LogP contribution in [-0.4, -0.2) is 61.0 Å². The summed E-state index contributed by atoms with van der Waals surface area (Å²) in [6.07, 6.45) is 1.14. The van der Waals surface area contributed by atoms with Gasteiger partial charge in [-0.2, -0.15) is 0 Å². The maximum Gasteiger partial charge on any atom is 0.238 e. The average Bonchev–Trinajstić information content (AvgIpc) is 2.88. The highest BCUT2D eigenvalue weighted by atomic mass is 19.1. The van der Waals surface area contributed by atoms with Gasteiger partial charge in [-0.1, -0.05) is 26.0 Å². The van der Waals surface area contributed by atoms with Crippen LogP contribution in [0.1, 0.15) is 25.8 Å². The summed E-state index contributed by atoms with van der Waals surface area (Å²) >= 11 is 0. The van der Waals surface area contributed by atoms with Crippen molar-refractivity contribution < 1.29 is 9.18 Å². The number of carbonyl (C=O) groups excluding carboxylic acids is 1. The predicted octanol–water partition coefficient (Wildman–Crippen LogP) is 1.61. The smallest absolute Gasteiger partial charge is 0.238 e. The van der Waals surface area contributed by atoms with Gasteiger partial charge in [-0.05, 0) is 30.7 Å². The molecule has 0 aliphatic carbocycles. The Morgan fingerprint density at radius 1 is 1.30 bits per heavy atom. The standard InChI is InChI=1S/C18H26FN3O/c1-18(2,14-5-3-6-15(19)11-14)13-20-17(23)16-12-21-7-4-8-22(16)10-9-21/h3,5-6,11,16H,4,7-10,12-13H2,1-2H3,(H,20,23). The summed E-state index contributed by atoms with van der Waals surface area (Å²) < 4.78 is 13.4. The molecule has 3 aliphatic rings. The summed E-state index contributed by atoms with van der Waals surface area (Å²) in [5, 5.41) is 3.09. The second-order valence-electron chi connectivity index (χ2n) is 7.32. The number of fused-ring (bicyclic) bond motifs is 4. The van der Waals surface area contributed by atoms with Crippen LogP contribution in [0.15, 0.2) is 24.3 Å². The third-order valence-electron chi connectivity index (χ3n) is 5.11. The van der Waals surface area contributed by atoms with Gasteiger partial charge in [-0.25, -0.2) is 4.39 Å². The summed E-state index contributed by atoms with van der Waals surface area (Å²) in [6.45, 7) is 9.54. The summed E-state index contributed by atoms with van der Waals surface area (Å²) in [7, 11) is 0. The summed E-state index contributed by atoms with van der Waals surface area (Å²) in [5.74, 6) is -0.136. The maximum atomic E-state index is 13.4. The number of hydrogen-bond donors (Lipinski definition) is 1. The van der Waals surface area contributed by atoms with Crippen molar-refractivity contribution in [3.8, 4) is 0 Å². The van der Waals surface area contributed by atoms with E-state index >= 15 is 0 Å². The molecule has 3 atom stereocenters. The fraction of sp³-hybridized carbons (Fsp3) is 0.611. The van der Waals surface area contributed by atoms with Crippen molar-refractivity contribution in [3.63, 3.8) is 0 Å². The minimum atomic E-state index is -0.295. The van der Waals surface area contributed by atoms with E-state index in [-0.39, 0.29) is 23.2 Å². The van der Waals surface area contributed by atoms with Gasteiger partial charge in [0.15, 0.2) is 0 Å². The Kier molecular flexibility index (Phi) is 4.69. The predicted molar refractivity (Wildman–Crippen MR) is 88.9 cm³/mol. The molecule has 4 nitrogen and oxygen atoms in total. The van der Waals surface area contributed by atoms with E-state index in [1.54, 1.807) is 12.1 Å². The van der Waals surface area contributed by atoms with Gasteiger partial charge in [-0.3, -0.25) is 14.6 Å². The van der Waals surface area contributed by atoms with Crippen molar-refractivity contribution >= 4 is 5.91 Å². The van der Waals surface area contributed by atoms with Gasteiger partial charge in [0.2, 0.25) is 5.91 Å². The van der Waals surface area contributed by atoms with Gasteiger partial charge in [-0.15, -0.1) is 0 Å². The molecule has 0 radical (unpaired) electrons. The van der Waals surface area contributed by atoms with Gasteiger partial charge < -0.3 is 5.32 Å². The molecule has 0 aromatic heterocycles. The fourth-order valence-electron chi connectivity index (χ4n) is 3.53. The molecule has 1 aromatic carbocycles. The molecule has 3 unspecified atom stereocenters. The van der Waals surface area contributed by atoms with Crippen LogP contribution in [0.5, 0.6) is 0 Å². The number of amides is 1. The largest absolute Gasteiger partial charge is 0.354 e. The van der Waals surface area contributed by atoms with Gasteiger partial charge in [0, 0.05) is 38.1 Å². The quantitative estimate of drug-likeness (QED) is 0.916. The zero-order valence-electron chi connectivity index (χ0n) is 14.0.